The molecule has 1 aromatic carbocycles. The number of nitrogens with one attached hydrogen (secondary N) is 3. The van der Waals surface area contributed by atoms with Gasteiger partial charge in [-0.2, -0.15) is 0 Å². The molecule has 0 spiro atoms. The predicted octanol–water partition coefficient (Wildman–Crippen LogP) is 1.47. The van der Waals surface area contributed by atoms with Gasteiger partial charge in [0.05, 0.1) is 5.69 Å². The van der Waals surface area contributed by atoms with Crippen LogP contribution < -0.4 is 16.2 Å². The van der Waals surface area contributed by atoms with Crippen molar-refractivity contribution < 1.29 is 0 Å². The van der Waals surface area contributed by atoms with E-state index in [9.17, 15) is 4.79 Å². The third-order valence-electron chi connectivity index (χ3n) is 3.34. The summed E-state index contributed by atoms with van der Waals surface area (Å²) < 4.78 is 0. The van der Waals surface area contributed by atoms with Gasteiger partial charge in [-0.05, 0) is 31.5 Å². The van der Waals surface area contributed by atoms with Crippen LogP contribution >= 0.6 is 0 Å². The Kier molecular flexibility index (Phi) is 3.05. The largest absolute Gasteiger partial charge is 0.325 e. The van der Waals surface area contributed by atoms with Crippen molar-refractivity contribution in [1.29, 1.82) is 0 Å². The fourth-order valence-electron chi connectivity index (χ4n) is 2.27. The van der Waals surface area contributed by atoms with Gasteiger partial charge in [0.25, 0.3) is 5.56 Å². The summed E-state index contributed by atoms with van der Waals surface area (Å²) in [5.74, 6) is 0.502. The van der Waals surface area contributed by atoms with Gasteiger partial charge in [0.15, 0.2) is 0 Å². The summed E-state index contributed by atoms with van der Waals surface area (Å²) in [6.07, 6.45) is 0.738. The second-order valence-electron chi connectivity index (χ2n) is 4.71. The van der Waals surface area contributed by atoms with Crippen molar-refractivity contribution in [3.05, 3.63) is 51.4 Å². The minimum atomic E-state index is -0.0393. The SMILES string of the molecule is Cc1ccccc1Nc1nc2c(c(=O)[nH]1)CCNC2. The summed E-state index contributed by atoms with van der Waals surface area (Å²) in [7, 11) is 0. The molecule has 2 aromatic rings. The van der Waals surface area contributed by atoms with Gasteiger partial charge in [0, 0.05) is 17.8 Å². The van der Waals surface area contributed by atoms with Crippen molar-refractivity contribution in [2.45, 2.75) is 19.9 Å². The average Bonchev–Trinajstić information content (AvgIpc) is 2.42. The molecule has 5 nitrogen and oxygen atoms in total. The van der Waals surface area contributed by atoms with Crippen molar-refractivity contribution in [2.24, 2.45) is 0 Å². The van der Waals surface area contributed by atoms with Crippen molar-refractivity contribution >= 4 is 11.6 Å². The highest BCUT2D eigenvalue weighted by Crippen LogP contribution is 2.17. The van der Waals surface area contributed by atoms with Crippen molar-refractivity contribution in [1.82, 2.24) is 15.3 Å². The predicted molar refractivity (Wildman–Crippen MR) is 74.7 cm³/mol. The lowest BCUT2D eigenvalue weighted by molar-refractivity contribution is 0.620. The van der Waals surface area contributed by atoms with E-state index in [-0.39, 0.29) is 5.56 Å². The molecular formula is C14H16N4O. The molecule has 1 aliphatic rings. The minimum absolute atomic E-state index is 0.0393. The second kappa shape index (κ2) is 4.85. The molecule has 3 rings (SSSR count). The summed E-state index contributed by atoms with van der Waals surface area (Å²) in [5.41, 5.74) is 3.66. The zero-order chi connectivity index (χ0) is 13.2. The number of aromatic nitrogens is 2. The van der Waals surface area contributed by atoms with Gasteiger partial charge in [0.2, 0.25) is 5.95 Å². The third kappa shape index (κ3) is 2.37. The molecule has 3 N–H and O–H groups in total. The standard InChI is InChI=1S/C14H16N4O/c1-9-4-2-3-5-11(9)16-14-17-12-8-15-7-6-10(12)13(19)18-14/h2-5,15H,6-8H2,1H3,(H2,16,17,18,19). The van der Waals surface area contributed by atoms with Crippen molar-refractivity contribution in [3.8, 4) is 0 Å². The molecule has 0 fully saturated rings. The molecule has 0 atom stereocenters. The van der Waals surface area contributed by atoms with Crippen LogP contribution in [0, 0.1) is 6.92 Å². The molecule has 1 aromatic heterocycles. The number of rotatable bonds is 2. The van der Waals surface area contributed by atoms with E-state index >= 15 is 0 Å². The zero-order valence-electron chi connectivity index (χ0n) is 10.8. The maximum atomic E-state index is 12.0. The number of aryl methyl sites for hydroxylation is 1. The monoisotopic (exact) mass is 256 g/mol. The Balaban J connectivity index is 1.96. The molecule has 0 aliphatic carbocycles. The normalized spacial score (nSPS) is 13.9. The lowest BCUT2D eigenvalue weighted by atomic mass is 10.1. The quantitative estimate of drug-likeness (QED) is 0.761. The highest BCUT2D eigenvalue weighted by molar-refractivity contribution is 5.58. The van der Waals surface area contributed by atoms with Crippen LogP contribution in [-0.4, -0.2) is 16.5 Å². The fourth-order valence-corrected chi connectivity index (χ4v) is 2.27. The highest BCUT2D eigenvalue weighted by Gasteiger charge is 2.15. The van der Waals surface area contributed by atoms with Gasteiger partial charge in [-0.1, -0.05) is 18.2 Å². The molecule has 98 valence electrons. The van der Waals surface area contributed by atoms with Crippen LogP contribution in [-0.2, 0) is 13.0 Å². The van der Waals surface area contributed by atoms with Gasteiger partial charge in [0.1, 0.15) is 0 Å². The first kappa shape index (κ1) is 11.9. The zero-order valence-corrected chi connectivity index (χ0v) is 10.8. The van der Waals surface area contributed by atoms with Crippen LogP contribution in [0.5, 0.6) is 0 Å². The number of aromatic amines is 1. The fraction of sp³-hybridized carbons (Fsp3) is 0.286. The van der Waals surface area contributed by atoms with Gasteiger partial charge in [-0.25, -0.2) is 4.98 Å². The second-order valence-corrected chi connectivity index (χ2v) is 4.71. The molecule has 0 saturated carbocycles. The van der Waals surface area contributed by atoms with E-state index in [1.165, 1.54) is 0 Å². The van der Waals surface area contributed by atoms with E-state index in [0.717, 1.165) is 35.5 Å². The van der Waals surface area contributed by atoms with Crippen molar-refractivity contribution in [2.75, 3.05) is 11.9 Å². The molecule has 0 amide bonds. The van der Waals surface area contributed by atoms with E-state index in [4.69, 9.17) is 0 Å². The molecule has 5 heteroatoms. The smallest absolute Gasteiger partial charge is 0.255 e. The number of benzene rings is 1. The Labute approximate surface area is 111 Å². The minimum Gasteiger partial charge on any atom is -0.325 e. The average molecular weight is 256 g/mol. The van der Waals surface area contributed by atoms with Crippen LogP contribution in [0.3, 0.4) is 0 Å². The molecular weight excluding hydrogens is 240 g/mol. The van der Waals surface area contributed by atoms with E-state index in [1.54, 1.807) is 0 Å². The maximum absolute atomic E-state index is 12.0. The Morgan fingerprint density at radius 3 is 3.00 bits per heavy atom. The molecule has 19 heavy (non-hydrogen) atoms. The summed E-state index contributed by atoms with van der Waals surface area (Å²) in [6.45, 7) is 3.50. The summed E-state index contributed by atoms with van der Waals surface area (Å²) in [5, 5.41) is 6.40. The number of para-hydroxylation sites is 1. The first-order valence-electron chi connectivity index (χ1n) is 6.39. The first-order chi connectivity index (χ1) is 9.24. The van der Waals surface area contributed by atoms with Crippen molar-refractivity contribution in [3.63, 3.8) is 0 Å². The lowest BCUT2D eigenvalue weighted by Crippen LogP contribution is -2.31. The number of nitrogens with zero attached hydrogens (tertiary/aromatic N) is 1. The number of hydrogen-bond acceptors (Lipinski definition) is 4. The van der Waals surface area contributed by atoms with Crippen LogP contribution in [0.2, 0.25) is 0 Å². The lowest BCUT2D eigenvalue weighted by Gasteiger charge is -2.16. The van der Waals surface area contributed by atoms with Crippen LogP contribution in [0.4, 0.5) is 11.6 Å². The third-order valence-corrected chi connectivity index (χ3v) is 3.34. The van der Waals surface area contributed by atoms with Gasteiger partial charge >= 0.3 is 0 Å². The van der Waals surface area contributed by atoms with E-state index in [1.807, 2.05) is 31.2 Å². The molecule has 0 radical (unpaired) electrons. The van der Waals surface area contributed by atoms with Crippen LogP contribution in [0.1, 0.15) is 16.8 Å². The Morgan fingerprint density at radius 2 is 2.16 bits per heavy atom. The summed E-state index contributed by atoms with van der Waals surface area (Å²) in [6, 6.07) is 7.91. The molecule has 0 bridgehead atoms. The summed E-state index contributed by atoms with van der Waals surface area (Å²) in [4.78, 5) is 19.3. The Morgan fingerprint density at radius 1 is 1.32 bits per heavy atom. The molecule has 0 saturated heterocycles. The number of hydrogen-bond donors (Lipinski definition) is 3. The van der Waals surface area contributed by atoms with Crippen LogP contribution in [0.15, 0.2) is 29.1 Å². The maximum Gasteiger partial charge on any atom is 0.255 e. The van der Waals surface area contributed by atoms with E-state index in [0.29, 0.717) is 12.5 Å². The molecule has 1 aliphatic heterocycles. The van der Waals surface area contributed by atoms with Gasteiger partial charge in [-0.3, -0.25) is 9.78 Å². The first-order valence-corrected chi connectivity index (χ1v) is 6.39. The molecule has 0 unspecified atom stereocenters. The van der Waals surface area contributed by atoms with Gasteiger partial charge in [-0.15, -0.1) is 0 Å². The Bertz CT molecular complexity index is 663. The molecule has 2 heterocycles. The highest BCUT2D eigenvalue weighted by atomic mass is 16.1. The van der Waals surface area contributed by atoms with Gasteiger partial charge < -0.3 is 10.6 Å². The van der Waals surface area contributed by atoms with E-state index in [2.05, 4.69) is 20.6 Å². The Hall–Kier alpha value is -2.14. The van der Waals surface area contributed by atoms with E-state index < -0.39 is 0 Å². The number of fused-ring (bicyclic) bond motifs is 1. The van der Waals surface area contributed by atoms with Crippen LogP contribution in [0.25, 0.3) is 0 Å². The topological polar surface area (TPSA) is 69.8 Å². The summed E-state index contributed by atoms with van der Waals surface area (Å²) >= 11 is 0. The number of H-pyrrole nitrogens is 1. The number of anilines is 2.